The molecule has 0 saturated carbocycles. The second kappa shape index (κ2) is 13.5. The number of nitro groups is 1. The van der Waals surface area contributed by atoms with Crippen molar-refractivity contribution in [3.63, 3.8) is 0 Å². The molecule has 0 radical (unpaired) electrons. The highest BCUT2D eigenvalue weighted by atomic mass is 32.2. The lowest BCUT2D eigenvalue weighted by molar-refractivity contribution is -0.380. The van der Waals surface area contributed by atoms with Gasteiger partial charge in [0.1, 0.15) is 12.0 Å². The van der Waals surface area contributed by atoms with Crippen molar-refractivity contribution in [2.75, 3.05) is 18.1 Å². The van der Waals surface area contributed by atoms with Crippen molar-refractivity contribution in [3.8, 4) is 0 Å². The molecule has 1 aromatic heterocycles. The van der Waals surface area contributed by atoms with Crippen LogP contribution in [0.4, 0.5) is 14.5 Å². The van der Waals surface area contributed by atoms with E-state index >= 15 is 0 Å². The second-order valence-electron chi connectivity index (χ2n) is 7.71. The molecule has 0 atom stereocenters. The van der Waals surface area contributed by atoms with Gasteiger partial charge < -0.3 is 10.6 Å². The molecule has 0 unspecified atom stereocenters. The van der Waals surface area contributed by atoms with Gasteiger partial charge in [-0.25, -0.2) is 9.37 Å². The third-order valence-electron chi connectivity index (χ3n) is 5.11. The number of amides is 2. The van der Waals surface area contributed by atoms with Gasteiger partial charge in [0.15, 0.2) is 5.13 Å². The minimum Gasteiger partial charge on any atom is -0.352 e. The Balaban J connectivity index is 1.49. The van der Waals surface area contributed by atoms with Crippen LogP contribution in [0.25, 0.3) is 11.6 Å². The van der Waals surface area contributed by atoms with Crippen LogP contribution in [-0.4, -0.2) is 34.5 Å². The molecule has 0 saturated heterocycles. The number of hydrogen-bond donors (Lipinski definition) is 2. The van der Waals surface area contributed by atoms with E-state index in [9.17, 15) is 24.1 Å². The van der Waals surface area contributed by atoms with Crippen molar-refractivity contribution in [3.05, 3.63) is 81.8 Å². The van der Waals surface area contributed by atoms with Gasteiger partial charge in [-0.1, -0.05) is 30.7 Å². The molecule has 188 valence electrons. The molecule has 11 heteroatoms. The fraction of sp³-hybridized carbons (Fsp3) is 0.240. The van der Waals surface area contributed by atoms with E-state index in [1.807, 2.05) is 30.5 Å². The number of thioether (sulfide) groups is 1. The molecule has 0 aliphatic heterocycles. The molecule has 3 rings (SSSR count). The Morgan fingerprint density at radius 1 is 1.11 bits per heavy atom. The molecule has 2 aromatic carbocycles. The summed E-state index contributed by atoms with van der Waals surface area (Å²) in [5.41, 5.74) is 1.91. The molecular formula is C25H25FN4O4S2. The van der Waals surface area contributed by atoms with Crippen molar-refractivity contribution in [1.82, 2.24) is 10.3 Å². The Kier molecular flexibility index (Phi) is 10.1. The number of thiazole rings is 1. The van der Waals surface area contributed by atoms with Crippen LogP contribution in [-0.2, 0) is 9.59 Å². The summed E-state index contributed by atoms with van der Waals surface area (Å²) in [6.45, 7) is 0.420. The second-order valence-corrected chi connectivity index (χ2v) is 9.60. The Bertz CT molecular complexity index is 1230. The van der Waals surface area contributed by atoms with Gasteiger partial charge in [-0.2, -0.15) is 0 Å². The highest BCUT2D eigenvalue weighted by Gasteiger charge is 2.14. The number of nitrogens with zero attached hydrogens (tertiary/aromatic N) is 2. The maximum atomic E-state index is 13.4. The number of anilines is 1. The maximum Gasteiger partial charge on any atom is 0.345 e. The third-order valence-corrected chi connectivity index (χ3v) is 6.72. The summed E-state index contributed by atoms with van der Waals surface area (Å²) in [7, 11) is 0. The van der Waals surface area contributed by atoms with E-state index in [1.165, 1.54) is 12.1 Å². The average Bonchev–Trinajstić information content (AvgIpc) is 3.34. The molecule has 2 N–H and O–H groups in total. The van der Waals surface area contributed by atoms with E-state index in [1.54, 1.807) is 30.0 Å². The number of aromatic nitrogens is 1. The number of nitrogens with one attached hydrogen (secondary N) is 2. The number of carbonyl (C=O) groups excluding carboxylic acids is 2. The first kappa shape index (κ1) is 27.0. The molecule has 0 aliphatic rings. The number of unbranched alkanes of at least 4 members (excludes halogenated alkanes) is 2. The smallest absolute Gasteiger partial charge is 0.345 e. The van der Waals surface area contributed by atoms with Crippen LogP contribution in [0, 0.1) is 15.9 Å². The summed E-state index contributed by atoms with van der Waals surface area (Å²) < 4.78 is 13.4. The quantitative estimate of drug-likeness (QED) is 0.0771. The topological polar surface area (TPSA) is 114 Å². The Labute approximate surface area is 216 Å². The van der Waals surface area contributed by atoms with Gasteiger partial charge in [-0.3, -0.25) is 19.7 Å². The number of hydrogen-bond acceptors (Lipinski definition) is 7. The van der Waals surface area contributed by atoms with E-state index in [2.05, 4.69) is 15.6 Å². The predicted octanol–water partition coefficient (Wildman–Crippen LogP) is 5.77. The van der Waals surface area contributed by atoms with Gasteiger partial charge >= 0.3 is 5.00 Å². The van der Waals surface area contributed by atoms with Crippen LogP contribution in [0.2, 0.25) is 0 Å². The van der Waals surface area contributed by atoms with Gasteiger partial charge in [0.25, 0.3) is 5.91 Å². The van der Waals surface area contributed by atoms with Crippen molar-refractivity contribution in [1.29, 1.82) is 0 Å². The molecule has 8 nitrogen and oxygen atoms in total. The largest absolute Gasteiger partial charge is 0.352 e. The van der Waals surface area contributed by atoms with Crippen molar-refractivity contribution in [2.24, 2.45) is 0 Å². The van der Waals surface area contributed by atoms with E-state index < -0.39 is 4.92 Å². The highest BCUT2D eigenvalue weighted by Crippen LogP contribution is 2.25. The zero-order chi connectivity index (χ0) is 25.9. The van der Waals surface area contributed by atoms with Crippen LogP contribution in [0.3, 0.4) is 0 Å². The summed E-state index contributed by atoms with van der Waals surface area (Å²) in [6.07, 6.45) is 7.09. The zero-order valence-corrected chi connectivity index (χ0v) is 21.2. The van der Waals surface area contributed by atoms with Gasteiger partial charge in [0.2, 0.25) is 5.91 Å². The number of carbonyl (C=O) groups is 2. The minimum atomic E-state index is -0.556. The molecule has 2 amide bonds. The average molecular weight is 529 g/mol. The Morgan fingerprint density at radius 2 is 1.83 bits per heavy atom. The Morgan fingerprint density at radius 3 is 2.47 bits per heavy atom. The van der Waals surface area contributed by atoms with Crippen molar-refractivity contribution in [2.45, 2.75) is 30.6 Å². The summed E-state index contributed by atoms with van der Waals surface area (Å²) in [5, 5.41) is 16.2. The van der Waals surface area contributed by atoms with Crippen LogP contribution in [0.5, 0.6) is 0 Å². The third kappa shape index (κ3) is 8.28. The van der Waals surface area contributed by atoms with Crippen LogP contribution >= 0.6 is 23.1 Å². The zero-order valence-electron chi connectivity index (χ0n) is 19.5. The SMILES string of the molecule is CSc1ccc(/C=C(\C(=O)NCCCCCC(=O)Nc2ncc([N+](=O)[O-])s2)c2ccc(F)cc2)cc1. The molecule has 0 bridgehead atoms. The van der Waals surface area contributed by atoms with Gasteiger partial charge in [-0.05, 0) is 71.9 Å². The monoisotopic (exact) mass is 528 g/mol. The highest BCUT2D eigenvalue weighted by molar-refractivity contribution is 7.98. The first-order chi connectivity index (χ1) is 17.4. The molecular weight excluding hydrogens is 503 g/mol. The number of rotatable bonds is 12. The predicted molar refractivity (Wildman–Crippen MR) is 141 cm³/mol. The summed E-state index contributed by atoms with van der Waals surface area (Å²) in [5.74, 6) is -0.907. The summed E-state index contributed by atoms with van der Waals surface area (Å²) >= 11 is 2.44. The summed E-state index contributed by atoms with van der Waals surface area (Å²) in [6, 6.07) is 13.6. The number of benzene rings is 2. The van der Waals surface area contributed by atoms with E-state index in [4.69, 9.17) is 0 Å². The van der Waals surface area contributed by atoms with Crippen LogP contribution in [0.1, 0.15) is 36.8 Å². The van der Waals surface area contributed by atoms with E-state index in [-0.39, 0.29) is 34.2 Å². The van der Waals surface area contributed by atoms with Crippen LogP contribution in [0.15, 0.2) is 59.6 Å². The summed E-state index contributed by atoms with van der Waals surface area (Å²) in [4.78, 5) is 40.0. The molecule has 36 heavy (non-hydrogen) atoms. The molecule has 0 aliphatic carbocycles. The first-order valence-electron chi connectivity index (χ1n) is 11.2. The lowest BCUT2D eigenvalue weighted by Crippen LogP contribution is -2.25. The van der Waals surface area contributed by atoms with Crippen LogP contribution < -0.4 is 10.6 Å². The van der Waals surface area contributed by atoms with Crippen molar-refractivity contribution < 1.29 is 18.9 Å². The first-order valence-corrected chi connectivity index (χ1v) is 13.2. The fourth-order valence-electron chi connectivity index (χ4n) is 3.25. The Hall–Kier alpha value is -3.57. The van der Waals surface area contributed by atoms with E-state index in [0.29, 0.717) is 36.9 Å². The minimum absolute atomic E-state index is 0.132. The molecule has 0 fully saturated rings. The normalized spacial score (nSPS) is 11.2. The molecule has 1 heterocycles. The van der Waals surface area contributed by atoms with Gasteiger partial charge in [0.05, 0.1) is 4.92 Å². The van der Waals surface area contributed by atoms with Crippen molar-refractivity contribution >= 4 is 56.7 Å². The van der Waals surface area contributed by atoms with Gasteiger partial charge in [-0.15, -0.1) is 11.8 Å². The molecule has 3 aromatic rings. The molecule has 0 spiro atoms. The van der Waals surface area contributed by atoms with E-state index in [0.717, 1.165) is 28.0 Å². The fourth-order valence-corrected chi connectivity index (χ4v) is 4.31. The lowest BCUT2D eigenvalue weighted by Gasteiger charge is -2.10. The maximum absolute atomic E-state index is 13.4. The van der Waals surface area contributed by atoms with Gasteiger partial charge in [0, 0.05) is 23.4 Å². The standard InChI is InChI=1S/C25H25FN4O4S2/c1-35-20-12-6-17(7-13-20)15-21(18-8-10-19(26)11-9-18)24(32)27-14-4-2-3-5-22(31)29-25-28-16-23(36-25)30(33)34/h6-13,15-16H,2-5,14H2,1H3,(H,27,32)(H,28,29,31)/b21-15-. The lowest BCUT2D eigenvalue weighted by atomic mass is 10.0. The number of halogens is 1.